The minimum atomic E-state index is -1.47. The molecule has 0 aromatic heterocycles. The molecule has 2 aromatic carbocycles. The third-order valence-electron chi connectivity index (χ3n) is 4.61. The number of hydrogen-bond donors (Lipinski definition) is 2. The highest BCUT2D eigenvalue weighted by atomic mass is 32.2. The first-order chi connectivity index (χ1) is 15.8. The van der Waals surface area contributed by atoms with E-state index in [0.29, 0.717) is 5.69 Å². The Morgan fingerprint density at radius 2 is 1.91 bits per heavy atom. The number of aryl methyl sites for hydroxylation is 1. The average Bonchev–Trinajstić information content (AvgIpc) is 3.13. The lowest BCUT2D eigenvalue weighted by atomic mass is 10.1. The van der Waals surface area contributed by atoms with Crippen LogP contribution in [0.15, 0.2) is 46.6 Å². The Morgan fingerprint density at radius 3 is 2.55 bits per heavy atom. The molecule has 1 aliphatic rings. The van der Waals surface area contributed by atoms with E-state index >= 15 is 0 Å². The van der Waals surface area contributed by atoms with Crippen molar-refractivity contribution >= 4 is 46.6 Å². The number of anilines is 1. The predicted octanol–water partition coefficient (Wildman–Crippen LogP) is 1.33. The van der Waals surface area contributed by atoms with Crippen molar-refractivity contribution < 1.29 is 29.0 Å². The lowest BCUT2D eigenvalue weighted by Crippen LogP contribution is -2.28. The molecule has 3 rings (SSSR count). The summed E-state index contributed by atoms with van der Waals surface area (Å²) in [7, 11) is 2.69. The Kier molecular flexibility index (Phi) is 7.67. The van der Waals surface area contributed by atoms with E-state index in [9.17, 15) is 19.5 Å². The molecule has 2 N–H and O–H groups in total. The summed E-state index contributed by atoms with van der Waals surface area (Å²) in [6.45, 7) is 1.94. The standard InChI is InChI=1S/C22H22N4O6S/c1-12-4-7-14(8-5-12)24-17(27)10-16-20(28)25-22(33-16)26-23-11-13-6-9-15(31-2)19(32-3)18(13)21(29)30/h4-9,11,16H,10H2,1-3H3,(H,24,27)(H,29,30)(H,25,26,28)/p-1. The van der Waals surface area contributed by atoms with Crippen molar-refractivity contribution in [3.8, 4) is 11.5 Å². The van der Waals surface area contributed by atoms with E-state index in [4.69, 9.17) is 9.47 Å². The van der Waals surface area contributed by atoms with Crippen molar-refractivity contribution in [1.82, 2.24) is 5.32 Å². The summed E-state index contributed by atoms with van der Waals surface area (Å²) in [4.78, 5) is 36.0. The molecule has 33 heavy (non-hydrogen) atoms. The molecule has 1 fully saturated rings. The molecule has 10 nitrogen and oxygen atoms in total. The van der Waals surface area contributed by atoms with Crippen molar-refractivity contribution in [3.05, 3.63) is 53.1 Å². The highest BCUT2D eigenvalue weighted by Gasteiger charge is 2.32. The van der Waals surface area contributed by atoms with Crippen LogP contribution in [0.25, 0.3) is 0 Å². The number of nitrogens with zero attached hydrogens (tertiary/aromatic N) is 2. The van der Waals surface area contributed by atoms with Crippen LogP contribution in [0.3, 0.4) is 0 Å². The van der Waals surface area contributed by atoms with Gasteiger partial charge >= 0.3 is 0 Å². The van der Waals surface area contributed by atoms with Crippen molar-refractivity contribution in [2.45, 2.75) is 18.6 Å². The Labute approximate surface area is 194 Å². The quantitative estimate of drug-likeness (QED) is 0.439. The number of thioether (sulfide) groups is 1. The minimum absolute atomic E-state index is 0.00250. The fourth-order valence-electron chi connectivity index (χ4n) is 3.01. The molecule has 1 saturated heterocycles. The topological polar surface area (TPSA) is 142 Å². The van der Waals surface area contributed by atoms with Crippen LogP contribution in [0.1, 0.15) is 27.9 Å². The molecule has 2 amide bonds. The number of carbonyl (C=O) groups is 3. The minimum Gasteiger partial charge on any atom is -0.545 e. The van der Waals surface area contributed by atoms with Crippen LogP contribution in [0.4, 0.5) is 5.69 Å². The molecule has 0 radical (unpaired) electrons. The highest BCUT2D eigenvalue weighted by Crippen LogP contribution is 2.32. The van der Waals surface area contributed by atoms with Gasteiger partial charge in [0.2, 0.25) is 11.8 Å². The number of carboxylic acid groups (broad SMARTS) is 1. The van der Waals surface area contributed by atoms with Crippen LogP contribution in [0, 0.1) is 6.92 Å². The maximum atomic E-state index is 12.3. The van der Waals surface area contributed by atoms with E-state index in [1.165, 1.54) is 32.6 Å². The molecule has 2 aromatic rings. The molecule has 1 atom stereocenters. The zero-order valence-corrected chi connectivity index (χ0v) is 18.9. The number of nitrogens with one attached hydrogen (secondary N) is 2. The number of carboxylic acids is 1. The zero-order valence-electron chi connectivity index (χ0n) is 18.1. The predicted molar refractivity (Wildman–Crippen MR) is 123 cm³/mol. The van der Waals surface area contributed by atoms with Crippen LogP contribution in [0.2, 0.25) is 0 Å². The van der Waals surface area contributed by atoms with Crippen LogP contribution < -0.4 is 25.2 Å². The van der Waals surface area contributed by atoms with Gasteiger partial charge in [0.25, 0.3) is 0 Å². The highest BCUT2D eigenvalue weighted by molar-refractivity contribution is 8.15. The van der Waals surface area contributed by atoms with Crippen LogP contribution in [0.5, 0.6) is 11.5 Å². The van der Waals surface area contributed by atoms with Crippen molar-refractivity contribution in [1.29, 1.82) is 0 Å². The van der Waals surface area contributed by atoms with Gasteiger partial charge < -0.3 is 30.0 Å². The smallest absolute Gasteiger partial charge is 0.240 e. The van der Waals surface area contributed by atoms with Crippen molar-refractivity contribution in [3.63, 3.8) is 0 Å². The Morgan fingerprint density at radius 1 is 1.18 bits per heavy atom. The SMILES string of the molecule is COc1ccc(C=NN=C2NC(=O)C(CC(=O)Nc3ccc(C)cc3)S2)c(C(=O)[O-])c1OC. The van der Waals surface area contributed by atoms with Crippen molar-refractivity contribution in [2.24, 2.45) is 10.2 Å². The molecule has 172 valence electrons. The number of rotatable bonds is 8. The lowest BCUT2D eigenvalue weighted by molar-refractivity contribution is -0.255. The second-order valence-electron chi connectivity index (χ2n) is 6.92. The van der Waals surface area contributed by atoms with Gasteiger partial charge in [-0.1, -0.05) is 29.5 Å². The fraction of sp³-hybridized carbons (Fsp3) is 0.227. The molecule has 1 aliphatic heterocycles. The van der Waals surface area contributed by atoms with E-state index in [1.807, 2.05) is 19.1 Å². The summed E-state index contributed by atoms with van der Waals surface area (Å²) < 4.78 is 10.2. The second-order valence-corrected chi connectivity index (χ2v) is 8.11. The van der Waals surface area contributed by atoms with Gasteiger partial charge in [0.05, 0.1) is 32.0 Å². The summed E-state index contributed by atoms with van der Waals surface area (Å²) in [6, 6.07) is 10.3. The van der Waals surface area contributed by atoms with Crippen LogP contribution in [-0.2, 0) is 9.59 Å². The second kappa shape index (κ2) is 10.6. The van der Waals surface area contributed by atoms with E-state index in [1.54, 1.807) is 12.1 Å². The zero-order chi connectivity index (χ0) is 24.0. The maximum absolute atomic E-state index is 12.3. The van der Waals surface area contributed by atoms with Gasteiger partial charge in [0, 0.05) is 17.7 Å². The number of amidine groups is 1. The van der Waals surface area contributed by atoms with Gasteiger partial charge in [0.15, 0.2) is 16.7 Å². The van der Waals surface area contributed by atoms with E-state index < -0.39 is 11.2 Å². The number of benzene rings is 2. The number of amides is 2. The molecule has 0 aliphatic carbocycles. The summed E-state index contributed by atoms with van der Waals surface area (Å²) in [5.74, 6) is -1.92. The third kappa shape index (κ3) is 5.89. The van der Waals surface area contributed by atoms with E-state index in [-0.39, 0.29) is 46.0 Å². The molecule has 11 heteroatoms. The fourth-order valence-corrected chi connectivity index (χ4v) is 3.93. The first kappa shape index (κ1) is 23.8. The summed E-state index contributed by atoms with van der Waals surface area (Å²) >= 11 is 1.06. The number of hydrogen-bond acceptors (Lipinski definition) is 9. The molecule has 0 bridgehead atoms. The first-order valence-corrected chi connectivity index (χ1v) is 10.6. The largest absolute Gasteiger partial charge is 0.545 e. The van der Waals surface area contributed by atoms with Gasteiger partial charge in [0.1, 0.15) is 5.25 Å². The molecule has 1 heterocycles. The monoisotopic (exact) mass is 469 g/mol. The first-order valence-electron chi connectivity index (χ1n) is 9.73. The number of aromatic carboxylic acids is 1. The molecule has 1 unspecified atom stereocenters. The molecular weight excluding hydrogens is 448 g/mol. The molecule has 0 saturated carbocycles. The lowest BCUT2D eigenvalue weighted by Gasteiger charge is -2.15. The van der Waals surface area contributed by atoms with Gasteiger partial charge in [-0.25, -0.2) is 0 Å². The maximum Gasteiger partial charge on any atom is 0.240 e. The van der Waals surface area contributed by atoms with Crippen molar-refractivity contribution in [2.75, 3.05) is 19.5 Å². The van der Waals surface area contributed by atoms with E-state index in [2.05, 4.69) is 20.8 Å². The van der Waals surface area contributed by atoms with Crippen LogP contribution >= 0.6 is 11.8 Å². The van der Waals surface area contributed by atoms with Gasteiger partial charge in [-0.2, -0.15) is 5.10 Å². The van der Waals surface area contributed by atoms with Gasteiger partial charge in [-0.05, 0) is 31.2 Å². The summed E-state index contributed by atoms with van der Waals surface area (Å²) in [5.41, 5.74) is 1.65. The van der Waals surface area contributed by atoms with E-state index in [0.717, 1.165) is 17.3 Å². The third-order valence-corrected chi connectivity index (χ3v) is 5.68. The summed E-state index contributed by atoms with van der Waals surface area (Å²) in [5, 5.41) is 24.2. The normalized spacial score (nSPS) is 16.6. The van der Waals surface area contributed by atoms with Gasteiger partial charge in [-0.3, -0.25) is 9.59 Å². The van der Waals surface area contributed by atoms with Crippen LogP contribution in [-0.4, -0.2) is 48.6 Å². The summed E-state index contributed by atoms with van der Waals surface area (Å²) in [6.07, 6.45) is 1.15. The Balaban J connectivity index is 1.67. The Hall–Kier alpha value is -3.86. The average molecular weight is 469 g/mol. The number of ether oxygens (including phenoxy) is 2. The molecular formula is C22H21N4O6S-. The molecule has 0 spiro atoms. The number of methoxy groups -OCH3 is 2. The Bertz CT molecular complexity index is 1130. The number of carbonyl (C=O) groups excluding carboxylic acids is 3. The van der Waals surface area contributed by atoms with Gasteiger partial charge in [-0.15, -0.1) is 5.10 Å².